The largest absolute Gasteiger partial charge is 0.453 e. The number of ether oxygens (including phenoxy) is 1. The molecule has 126 valence electrons. The zero-order valence-corrected chi connectivity index (χ0v) is 14.9. The average molecular weight is 323 g/mol. The zero-order chi connectivity index (χ0) is 17.3. The van der Waals surface area contributed by atoms with Gasteiger partial charge in [0.05, 0.1) is 17.1 Å². The molecule has 0 atom stereocenters. The van der Waals surface area contributed by atoms with Crippen LogP contribution in [-0.2, 0) is 12.8 Å². The third-order valence-corrected chi connectivity index (χ3v) is 4.55. The van der Waals surface area contributed by atoms with E-state index < -0.39 is 0 Å². The molecular formula is C20H25N3O. The number of nitrogen functional groups attached to an aromatic ring is 1. The highest BCUT2D eigenvalue weighted by atomic mass is 16.5. The van der Waals surface area contributed by atoms with Crippen LogP contribution in [0.15, 0.2) is 29.3 Å². The van der Waals surface area contributed by atoms with Gasteiger partial charge in [0, 0.05) is 24.0 Å². The summed E-state index contributed by atoms with van der Waals surface area (Å²) < 4.78 is 6.31. The van der Waals surface area contributed by atoms with E-state index in [1.807, 2.05) is 25.3 Å². The van der Waals surface area contributed by atoms with Crippen molar-refractivity contribution >= 4 is 29.0 Å². The first-order valence-corrected chi connectivity index (χ1v) is 8.66. The Hall–Kier alpha value is -2.49. The second-order valence-corrected chi connectivity index (χ2v) is 5.87. The number of aliphatic imine (C=N–C) groups is 1. The molecule has 0 aromatic heterocycles. The number of fused-ring (bicyclic) bond motifs is 2. The first-order valence-electron chi connectivity index (χ1n) is 8.66. The van der Waals surface area contributed by atoms with Crippen molar-refractivity contribution in [3.05, 3.63) is 35.4 Å². The zero-order valence-electron chi connectivity index (χ0n) is 14.9. The second-order valence-electron chi connectivity index (χ2n) is 5.87. The Morgan fingerprint density at radius 3 is 2.54 bits per heavy atom. The van der Waals surface area contributed by atoms with Gasteiger partial charge in [0.25, 0.3) is 0 Å². The Labute approximate surface area is 144 Å². The van der Waals surface area contributed by atoms with Crippen LogP contribution in [0.4, 0.5) is 22.7 Å². The number of anilines is 3. The number of nitrogens with zero attached hydrogens (tertiary/aromatic N) is 2. The number of hydrogen-bond donors (Lipinski definition) is 1. The fourth-order valence-electron chi connectivity index (χ4n) is 3.34. The standard InChI is InChI=1S/C20H25N3O/c1-5-13-11-19-18(12-16(13)22-7-3)23(8-4)17-10-9-15(21)14(6-2)20(17)24-19/h7,9-12H,5-6,8,21H2,1-4H3. The van der Waals surface area contributed by atoms with Crippen LogP contribution in [0.5, 0.6) is 11.5 Å². The van der Waals surface area contributed by atoms with E-state index in [4.69, 9.17) is 10.5 Å². The normalized spacial score (nSPS) is 12.9. The van der Waals surface area contributed by atoms with Crippen LogP contribution >= 0.6 is 0 Å². The second kappa shape index (κ2) is 6.56. The lowest BCUT2D eigenvalue weighted by molar-refractivity contribution is 0.468. The van der Waals surface area contributed by atoms with Crippen LogP contribution in [-0.4, -0.2) is 12.8 Å². The SMILES string of the molecule is CC=Nc1cc2c(cc1CC)Oc1c(ccc(N)c1CC)N2CC. The average Bonchev–Trinajstić information content (AvgIpc) is 2.59. The van der Waals surface area contributed by atoms with Gasteiger partial charge in [0.2, 0.25) is 0 Å². The van der Waals surface area contributed by atoms with Crippen molar-refractivity contribution in [2.45, 2.75) is 40.5 Å². The highest BCUT2D eigenvalue weighted by molar-refractivity contribution is 5.84. The molecule has 0 radical (unpaired) electrons. The Morgan fingerprint density at radius 2 is 1.92 bits per heavy atom. The Morgan fingerprint density at radius 1 is 1.12 bits per heavy atom. The predicted octanol–water partition coefficient (Wildman–Crippen LogP) is 5.38. The minimum atomic E-state index is 0.790. The Balaban J connectivity index is 2.22. The summed E-state index contributed by atoms with van der Waals surface area (Å²) in [5.74, 6) is 1.78. The topological polar surface area (TPSA) is 50.9 Å². The van der Waals surface area contributed by atoms with Crippen molar-refractivity contribution in [2.75, 3.05) is 17.2 Å². The maximum absolute atomic E-state index is 6.31. The van der Waals surface area contributed by atoms with E-state index in [2.05, 4.69) is 42.8 Å². The van der Waals surface area contributed by atoms with E-state index in [0.29, 0.717) is 0 Å². The van der Waals surface area contributed by atoms with Crippen LogP contribution in [0.2, 0.25) is 0 Å². The lowest BCUT2D eigenvalue weighted by Crippen LogP contribution is -2.21. The molecule has 0 bridgehead atoms. The molecule has 2 aromatic carbocycles. The summed E-state index contributed by atoms with van der Waals surface area (Å²) >= 11 is 0. The number of nitrogens with two attached hydrogens (primary N) is 1. The van der Waals surface area contributed by atoms with E-state index in [1.54, 1.807) is 0 Å². The molecular weight excluding hydrogens is 298 g/mol. The molecule has 24 heavy (non-hydrogen) atoms. The first-order chi connectivity index (χ1) is 11.6. The van der Waals surface area contributed by atoms with Gasteiger partial charge in [-0.25, -0.2) is 0 Å². The third kappa shape index (κ3) is 2.52. The summed E-state index contributed by atoms with van der Waals surface area (Å²) in [4.78, 5) is 6.81. The summed E-state index contributed by atoms with van der Waals surface area (Å²) in [6.07, 6.45) is 3.60. The van der Waals surface area contributed by atoms with E-state index in [-0.39, 0.29) is 0 Å². The van der Waals surface area contributed by atoms with E-state index in [9.17, 15) is 0 Å². The van der Waals surface area contributed by atoms with Crippen molar-refractivity contribution in [1.29, 1.82) is 0 Å². The summed E-state index contributed by atoms with van der Waals surface area (Å²) in [6.45, 7) is 9.20. The smallest absolute Gasteiger partial charge is 0.156 e. The van der Waals surface area contributed by atoms with Crippen LogP contribution in [0.25, 0.3) is 0 Å². The lowest BCUT2D eigenvalue weighted by Gasteiger charge is -2.34. The molecule has 2 aromatic rings. The number of rotatable bonds is 4. The Kier molecular flexibility index (Phi) is 4.47. The molecule has 0 unspecified atom stereocenters. The van der Waals surface area contributed by atoms with E-state index >= 15 is 0 Å². The van der Waals surface area contributed by atoms with Crippen molar-refractivity contribution < 1.29 is 4.74 Å². The monoisotopic (exact) mass is 323 g/mol. The minimum Gasteiger partial charge on any atom is -0.453 e. The minimum absolute atomic E-state index is 0.790. The lowest BCUT2D eigenvalue weighted by atomic mass is 10.0. The molecule has 0 saturated heterocycles. The fourth-order valence-corrected chi connectivity index (χ4v) is 3.34. The highest BCUT2D eigenvalue weighted by Gasteiger charge is 2.27. The van der Waals surface area contributed by atoms with Gasteiger partial charge < -0.3 is 15.4 Å². The van der Waals surface area contributed by atoms with Crippen molar-refractivity contribution in [3.8, 4) is 11.5 Å². The molecule has 4 nitrogen and oxygen atoms in total. The van der Waals surface area contributed by atoms with Crippen LogP contribution in [0, 0.1) is 0 Å². The van der Waals surface area contributed by atoms with Crippen LogP contribution in [0.3, 0.4) is 0 Å². The van der Waals surface area contributed by atoms with Crippen LogP contribution < -0.4 is 15.4 Å². The van der Waals surface area contributed by atoms with Crippen molar-refractivity contribution in [2.24, 2.45) is 4.99 Å². The molecule has 1 aliphatic rings. The molecule has 0 aliphatic carbocycles. The maximum Gasteiger partial charge on any atom is 0.156 e. The molecule has 3 rings (SSSR count). The van der Waals surface area contributed by atoms with Crippen molar-refractivity contribution in [1.82, 2.24) is 0 Å². The van der Waals surface area contributed by atoms with E-state index in [0.717, 1.165) is 59.2 Å². The van der Waals surface area contributed by atoms with Crippen molar-refractivity contribution in [3.63, 3.8) is 0 Å². The van der Waals surface area contributed by atoms with Gasteiger partial charge in [-0.05, 0) is 56.5 Å². The summed E-state index contributed by atoms with van der Waals surface area (Å²) in [6, 6.07) is 8.27. The first kappa shape index (κ1) is 16.4. The number of benzene rings is 2. The molecule has 0 spiro atoms. The van der Waals surface area contributed by atoms with Gasteiger partial charge in [0.15, 0.2) is 11.5 Å². The number of aryl methyl sites for hydroxylation is 1. The molecule has 1 heterocycles. The van der Waals surface area contributed by atoms with Gasteiger partial charge in [-0.3, -0.25) is 4.99 Å². The van der Waals surface area contributed by atoms with Gasteiger partial charge >= 0.3 is 0 Å². The summed E-state index contributed by atoms with van der Waals surface area (Å²) in [7, 11) is 0. The third-order valence-electron chi connectivity index (χ3n) is 4.55. The van der Waals surface area contributed by atoms with Gasteiger partial charge in [-0.2, -0.15) is 0 Å². The molecule has 2 N–H and O–H groups in total. The molecule has 4 heteroatoms. The van der Waals surface area contributed by atoms with Gasteiger partial charge in [-0.1, -0.05) is 13.8 Å². The fraction of sp³-hybridized carbons (Fsp3) is 0.350. The van der Waals surface area contributed by atoms with Gasteiger partial charge in [-0.15, -0.1) is 0 Å². The maximum atomic E-state index is 6.31. The number of hydrogen-bond acceptors (Lipinski definition) is 4. The molecule has 1 aliphatic heterocycles. The Bertz CT molecular complexity index is 796. The predicted molar refractivity (Wildman–Crippen MR) is 103 cm³/mol. The van der Waals surface area contributed by atoms with E-state index in [1.165, 1.54) is 5.56 Å². The highest BCUT2D eigenvalue weighted by Crippen LogP contribution is 2.51. The van der Waals surface area contributed by atoms with Gasteiger partial charge in [0.1, 0.15) is 0 Å². The summed E-state index contributed by atoms with van der Waals surface area (Å²) in [5, 5.41) is 0. The molecule has 0 amide bonds. The molecule has 0 fully saturated rings. The summed E-state index contributed by atoms with van der Waals surface area (Å²) in [5.41, 5.74) is 12.4. The van der Waals surface area contributed by atoms with Crippen LogP contribution in [0.1, 0.15) is 38.8 Å². The quantitative estimate of drug-likeness (QED) is 0.607. The molecule has 0 saturated carbocycles.